The molecule has 0 aliphatic heterocycles. The number of ether oxygens (including phenoxy) is 4. The van der Waals surface area contributed by atoms with Crippen molar-refractivity contribution in [2.45, 2.75) is 322 Å². The lowest BCUT2D eigenvalue weighted by atomic mass is 10.0. The molecule has 0 amide bonds. The Hall–Kier alpha value is -3.27. The molecule has 0 aromatic rings. The summed E-state index contributed by atoms with van der Waals surface area (Å²) in [6, 6.07) is 0. The summed E-state index contributed by atoms with van der Waals surface area (Å²) in [7, 11) is 5.94. The molecule has 0 saturated heterocycles. The number of hydrogen-bond acceptors (Lipinski definition) is 8. The summed E-state index contributed by atoms with van der Waals surface area (Å²) >= 11 is 0. The molecule has 2 unspecified atom stereocenters. The van der Waals surface area contributed by atoms with Gasteiger partial charge in [0.2, 0.25) is 0 Å². The van der Waals surface area contributed by atoms with Gasteiger partial charge in [-0.25, -0.2) is 0 Å². The molecule has 0 heterocycles. The zero-order valence-corrected chi connectivity index (χ0v) is 53.7. The van der Waals surface area contributed by atoms with Crippen molar-refractivity contribution >= 4 is 17.9 Å². The SMILES string of the molecule is CC/C=C\C/C=C\C/C=C\C/C=C\CCCCCCCCCCCCCCCCCCCCC(=O)OC(COC(=O)CCCCCCCCCCCCCCC/C=C\C/C=C\CCCCCCC)COC(OCC[N+](C)(C)C)C(=O)[O-]. The largest absolute Gasteiger partial charge is 0.545 e. The van der Waals surface area contributed by atoms with E-state index in [9.17, 15) is 19.5 Å². The number of carboxylic acid groups (broad SMARTS) is 1. The Labute approximate surface area is 500 Å². The molecule has 0 N–H and O–H groups in total. The number of nitrogens with zero attached hydrogens (tertiary/aromatic N) is 1. The van der Waals surface area contributed by atoms with Gasteiger partial charge in [0.15, 0.2) is 12.4 Å². The average molecular weight is 1140 g/mol. The highest BCUT2D eigenvalue weighted by Gasteiger charge is 2.22. The van der Waals surface area contributed by atoms with Crippen LogP contribution in [-0.4, -0.2) is 82.3 Å². The van der Waals surface area contributed by atoms with Crippen LogP contribution >= 0.6 is 0 Å². The molecule has 81 heavy (non-hydrogen) atoms. The Bertz CT molecular complexity index is 1560. The Morgan fingerprint density at radius 3 is 1.05 bits per heavy atom. The molecule has 470 valence electrons. The lowest BCUT2D eigenvalue weighted by Crippen LogP contribution is -2.44. The van der Waals surface area contributed by atoms with Crippen LogP contribution in [0.15, 0.2) is 72.9 Å². The van der Waals surface area contributed by atoms with Crippen LogP contribution in [0.3, 0.4) is 0 Å². The van der Waals surface area contributed by atoms with Crippen molar-refractivity contribution in [1.82, 2.24) is 0 Å². The number of unbranched alkanes of at least 4 members (excludes halogenated alkanes) is 36. The summed E-state index contributed by atoms with van der Waals surface area (Å²) in [5.74, 6) is -2.27. The number of esters is 2. The molecule has 2 atom stereocenters. The molecule has 0 bridgehead atoms. The molecular formula is C72H129NO8. The van der Waals surface area contributed by atoms with Gasteiger partial charge in [0.1, 0.15) is 13.2 Å². The third-order valence-corrected chi connectivity index (χ3v) is 14.9. The van der Waals surface area contributed by atoms with Crippen LogP contribution in [0.1, 0.15) is 309 Å². The van der Waals surface area contributed by atoms with Gasteiger partial charge in [-0.3, -0.25) is 9.59 Å². The van der Waals surface area contributed by atoms with Gasteiger partial charge >= 0.3 is 11.9 Å². The van der Waals surface area contributed by atoms with E-state index in [0.29, 0.717) is 23.9 Å². The molecular weight excluding hydrogens is 1010 g/mol. The number of carbonyl (C=O) groups excluding carboxylic acids is 3. The number of likely N-dealkylation sites (N-methyl/N-ethyl adjacent to an activating group) is 1. The maximum Gasteiger partial charge on any atom is 0.306 e. The predicted octanol–water partition coefficient (Wildman–Crippen LogP) is 19.6. The maximum absolute atomic E-state index is 12.9. The van der Waals surface area contributed by atoms with Crippen molar-refractivity contribution in [3.05, 3.63) is 72.9 Å². The fraction of sp³-hybridized carbons (Fsp3) is 0.792. The molecule has 0 radical (unpaired) electrons. The number of carboxylic acids is 1. The van der Waals surface area contributed by atoms with Crippen LogP contribution in [0, 0.1) is 0 Å². The first-order valence-electron chi connectivity index (χ1n) is 34.1. The smallest absolute Gasteiger partial charge is 0.306 e. The highest BCUT2D eigenvalue weighted by atomic mass is 16.7. The van der Waals surface area contributed by atoms with Crippen molar-refractivity contribution in [2.24, 2.45) is 0 Å². The van der Waals surface area contributed by atoms with E-state index in [1.54, 1.807) is 0 Å². The van der Waals surface area contributed by atoms with E-state index in [2.05, 4.69) is 86.8 Å². The van der Waals surface area contributed by atoms with Gasteiger partial charge in [-0.2, -0.15) is 0 Å². The second kappa shape index (κ2) is 62.8. The fourth-order valence-corrected chi connectivity index (χ4v) is 9.74. The van der Waals surface area contributed by atoms with E-state index in [-0.39, 0.29) is 32.2 Å². The molecule has 0 saturated carbocycles. The molecule has 0 aromatic heterocycles. The van der Waals surface area contributed by atoms with Crippen molar-refractivity contribution in [3.8, 4) is 0 Å². The summed E-state index contributed by atoms with van der Waals surface area (Å²) in [6.07, 6.45) is 79.7. The standard InChI is InChI=1S/C72H129NO8/c1-6-8-10-12-14-16-18-20-22-24-26-28-30-32-33-34-35-36-37-39-41-43-45-47-49-51-53-55-57-59-61-63-70(75)81-68(67-80-72(71(76)77)78-65-64-73(3,4)5)66-79-69(74)62-60-58-56-54-52-50-48-46-44-42-40-38-31-29-27-25-23-21-19-17-15-13-11-9-7-2/h8,10,14,16,19-22,25-28,68,72H,6-7,9,11-13,15,17-18,23-24,29-67H2,1-5H3/b10-8-,16-14-,21-19-,22-20-,27-25-,28-26-. The zero-order valence-electron chi connectivity index (χ0n) is 53.7. The van der Waals surface area contributed by atoms with Crippen molar-refractivity contribution in [3.63, 3.8) is 0 Å². The summed E-state index contributed by atoms with van der Waals surface area (Å²) in [5, 5.41) is 11.8. The van der Waals surface area contributed by atoms with Crippen molar-refractivity contribution in [2.75, 3.05) is 47.5 Å². The highest BCUT2D eigenvalue weighted by molar-refractivity contribution is 5.70. The molecule has 0 spiro atoms. The zero-order chi connectivity index (χ0) is 59.1. The Morgan fingerprint density at radius 1 is 0.383 bits per heavy atom. The van der Waals surface area contributed by atoms with Gasteiger partial charge in [0.25, 0.3) is 0 Å². The minimum absolute atomic E-state index is 0.147. The maximum atomic E-state index is 12.9. The Kier molecular flexibility index (Phi) is 60.2. The minimum atomic E-state index is -1.62. The molecule has 0 rings (SSSR count). The normalized spacial score (nSPS) is 13.1. The Balaban J connectivity index is 4.10. The van der Waals surface area contributed by atoms with Crippen LogP contribution in [0.2, 0.25) is 0 Å². The van der Waals surface area contributed by atoms with Crippen LogP contribution in [0.4, 0.5) is 0 Å². The molecule has 0 aliphatic carbocycles. The predicted molar refractivity (Wildman–Crippen MR) is 343 cm³/mol. The van der Waals surface area contributed by atoms with Gasteiger partial charge in [-0.15, -0.1) is 0 Å². The fourth-order valence-electron chi connectivity index (χ4n) is 9.74. The number of carbonyl (C=O) groups is 3. The second-order valence-electron chi connectivity index (χ2n) is 24.1. The quantitative estimate of drug-likeness (QED) is 0.0195. The first-order chi connectivity index (χ1) is 39.6. The van der Waals surface area contributed by atoms with Gasteiger partial charge in [0.05, 0.1) is 40.3 Å². The lowest BCUT2D eigenvalue weighted by molar-refractivity contribution is -0.870. The molecule has 9 heteroatoms. The number of rotatable bonds is 63. The second-order valence-corrected chi connectivity index (χ2v) is 24.1. The van der Waals surface area contributed by atoms with Gasteiger partial charge in [-0.1, -0.05) is 286 Å². The first kappa shape index (κ1) is 77.7. The van der Waals surface area contributed by atoms with Crippen LogP contribution in [-0.2, 0) is 33.3 Å². The number of quaternary nitrogens is 1. The topological polar surface area (TPSA) is 111 Å². The lowest BCUT2D eigenvalue weighted by Gasteiger charge is -2.26. The number of allylic oxidation sites excluding steroid dienone is 12. The number of hydrogen-bond donors (Lipinski definition) is 0. The molecule has 9 nitrogen and oxygen atoms in total. The summed E-state index contributed by atoms with van der Waals surface area (Å²) in [6.45, 7) is 4.67. The van der Waals surface area contributed by atoms with Gasteiger partial charge in [-0.05, 0) is 83.5 Å². The summed E-state index contributed by atoms with van der Waals surface area (Å²) in [5.41, 5.74) is 0. The van der Waals surface area contributed by atoms with E-state index < -0.39 is 24.3 Å². The van der Waals surface area contributed by atoms with E-state index in [0.717, 1.165) is 64.2 Å². The highest BCUT2D eigenvalue weighted by Crippen LogP contribution is 2.18. The Morgan fingerprint density at radius 2 is 0.704 bits per heavy atom. The van der Waals surface area contributed by atoms with Crippen LogP contribution in [0.5, 0.6) is 0 Å². The van der Waals surface area contributed by atoms with E-state index >= 15 is 0 Å². The van der Waals surface area contributed by atoms with Crippen molar-refractivity contribution < 1.29 is 42.9 Å². The van der Waals surface area contributed by atoms with Crippen molar-refractivity contribution in [1.29, 1.82) is 0 Å². The van der Waals surface area contributed by atoms with E-state index in [4.69, 9.17) is 18.9 Å². The average Bonchev–Trinajstić information content (AvgIpc) is 3.44. The third kappa shape index (κ3) is 64.1. The molecule has 0 aromatic carbocycles. The molecule has 0 aliphatic rings. The summed E-state index contributed by atoms with van der Waals surface area (Å²) in [4.78, 5) is 37.5. The van der Waals surface area contributed by atoms with E-state index in [1.165, 1.54) is 212 Å². The van der Waals surface area contributed by atoms with Crippen LogP contribution in [0.25, 0.3) is 0 Å². The summed E-state index contributed by atoms with van der Waals surface area (Å²) < 4.78 is 22.8. The van der Waals surface area contributed by atoms with Gasteiger partial charge < -0.3 is 33.3 Å². The minimum Gasteiger partial charge on any atom is -0.545 e. The van der Waals surface area contributed by atoms with Gasteiger partial charge in [0, 0.05) is 12.8 Å². The van der Waals surface area contributed by atoms with Crippen LogP contribution < -0.4 is 5.11 Å². The first-order valence-corrected chi connectivity index (χ1v) is 34.1. The molecule has 0 fully saturated rings. The third-order valence-electron chi connectivity index (χ3n) is 14.9. The number of aliphatic carboxylic acids is 1. The monoisotopic (exact) mass is 1140 g/mol. The van der Waals surface area contributed by atoms with E-state index in [1.807, 2.05) is 21.1 Å².